The molecule has 0 unspecified atom stereocenters. The zero-order chi connectivity index (χ0) is 24.4. The minimum Gasteiger partial charge on any atom is -0.383 e. The van der Waals surface area contributed by atoms with Gasteiger partial charge < -0.3 is 14.2 Å². The van der Waals surface area contributed by atoms with Crippen LogP contribution in [0, 0.1) is 6.92 Å². The standard InChI is InChI=1S/C30H48N2O2/c1-4-5-6-7-8-9-10-11-12-13-14-17-30(33)32(23-24-34-3)26-29-16-15-22-31(29)25-28-20-18-27(2)19-21-28/h15-16,18-22H,4-14,17,23-26H2,1-3H3. The summed E-state index contributed by atoms with van der Waals surface area (Å²) in [5, 5.41) is 0. The Labute approximate surface area is 208 Å². The van der Waals surface area contributed by atoms with Crippen molar-refractivity contribution >= 4 is 5.91 Å². The summed E-state index contributed by atoms with van der Waals surface area (Å²) in [5.41, 5.74) is 3.72. The van der Waals surface area contributed by atoms with Crippen molar-refractivity contribution in [3.05, 3.63) is 59.4 Å². The predicted molar refractivity (Wildman–Crippen MR) is 143 cm³/mol. The molecule has 0 atom stereocenters. The number of rotatable bonds is 19. The van der Waals surface area contributed by atoms with Crippen LogP contribution in [-0.4, -0.2) is 35.6 Å². The second-order valence-corrected chi connectivity index (χ2v) is 9.71. The fraction of sp³-hybridized carbons (Fsp3) is 0.633. The number of methoxy groups -OCH3 is 1. The Morgan fingerprint density at radius 2 is 1.50 bits per heavy atom. The third kappa shape index (κ3) is 11.4. The van der Waals surface area contributed by atoms with Gasteiger partial charge in [0.05, 0.1) is 13.2 Å². The summed E-state index contributed by atoms with van der Waals surface area (Å²) in [6, 6.07) is 12.9. The van der Waals surface area contributed by atoms with Crippen LogP contribution < -0.4 is 0 Å². The van der Waals surface area contributed by atoms with E-state index in [1.807, 2.05) is 4.90 Å². The molecule has 0 aliphatic rings. The smallest absolute Gasteiger partial charge is 0.222 e. The van der Waals surface area contributed by atoms with Crippen LogP contribution in [0.2, 0.25) is 0 Å². The van der Waals surface area contributed by atoms with Gasteiger partial charge in [-0.25, -0.2) is 0 Å². The van der Waals surface area contributed by atoms with Gasteiger partial charge >= 0.3 is 0 Å². The maximum atomic E-state index is 13.0. The van der Waals surface area contributed by atoms with Gasteiger partial charge in [0.1, 0.15) is 0 Å². The van der Waals surface area contributed by atoms with Crippen LogP contribution in [0.1, 0.15) is 101 Å². The first-order valence-corrected chi connectivity index (χ1v) is 13.6. The van der Waals surface area contributed by atoms with Gasteiger partial charge in [-0.05, 0) is 31.0 Å². The number of hydrogen-bond acceptors (Lipinski definition) is 2. The number of aryl methyl sites for hydroxylation is 1. The molecule has 4 nitrogen and oxygen atoms in total. The third-order valence-electron chi connectivity index (χ3n) is 6.66. The van der Waals surface area contributed by atoms with E-state index in [1.165, 1.54) is 74.6 Å². The Bertz CT molecular complexity index is 781. The number of benzene rings is 1. The lowest BCUT2D eigenvalue weighted by Gasteiger charge is -2.23. The Balaban J connectivity index is 1.73. The van der Waals surface area contributed by atoms with Crippen LogP contribution in [0.5, 0.6) is 0 Å². The molecule has 4 heteroatoms. The van der Waals surface area contributed by atoms with Crippen LogP contribution in [0.4, 0.5) is 0 Å². The van der Waals surface area contributed by atoms with E-state index in [-0.39, 0.29) is 5.91 Å². The SMILES string of the molecule is CCCCCCCCCCCCCC(=O)N(CCOC)Cc1cccn1Cc1ccc(C)cc1. The van der Waals surface area contributed by atoms with E-state index < -0.39 is 0 Å². The van der Waals surface area contributed by atoms with Gasteiger partial charge in [-0.15, -0.1) is 0 Å². The van der Waals surface area contributed by atoms with Gasteiger partial charge in [0, 0.05) is 38.5 Å². The highest BCUT2D eigenvalue weighted by Crippen LogP contribution is 2.15. The summed E-state index contributed by atoms with van der Waals surface area (Å²) in [4.78, 5) is 15.0. The molecule has 1 heterocycles. The van der Waals surface area contributed by atoms with Gasteiger partial charge in [0.25, 0.3) is 0 Å². The van der Waals surface area contributed by atoms with Gasteiger partial charge in [0.15, 0.2) is 0 Å². The molecule has 1 aromatic heterocycles. The highest BCUT2D eigenvalue weighted by atomic mass is 16.5. The number of nitrogens with zero attached hydrogens (tertiary/aromatic N) is 2. The number of carbonyl (C=O) groups is 1. The molecular formula is C30H48N2O2. The van der Waals surface area contributed by atoms with Crippen LogP contribution in [0.3, 0.4) is 0 Å². The minimum absolute atomic E-state index is 0.246. The predicted octanol–water partition coefficient (Wildman–Crippen LogP) is 7.52. The zero-order valence-electron chi connectivity index (χ0n) is 22.1. The summed E-state index contributed by atoms with van der Waals surface area (Å²) < 4.78 is 7.54. The van der Waals surface area contributed by atoms with E-state index in [2.05, 4.69) is 61.0 Å². The summed E-state index contributed by atoms with van der Waals surface area (Å²) in [5.74, 6) is 0.246. The largest absolute Gasteiger partial charge is 0.383 e. The maximum Gasteiger partial charge on any atom is 0.222 e. The molecule has 1 aromatic carbocycles. The average molecular weight is 469 g/mol. The first-order valence-electron chi connectivity index (χ1n) is 13.6. The van der Waals surface area contributed by atoms with Crippen LogP contribution in [-0.2, 0) is 22.6 Å². The summed E-state index contributed by atoms with van der Waals surface area (Å²) in [6.07, 6.45) is 17.1. The number of unbranched alkanes of at least 4 members (excludes halogenated alkanes) is 10. The molecule has 0 radical (unpaired) electrons. The lowest BCUT2D eigenvalue weighted by molar-refractivity contribution is -0.132. The fourth-order valence-electron chi connectivity index (χ4n) is 4.42. The molecule has 0 saturated carbocycles. The molecule has 0 bridgehead atoms. The number of amides is 1. The Morgan fingerprint density at radius 3 is 2.12 bits per heavy atom. The lowest BCUT2D eigenvalue weighted by atomic mass is 10.1. The molecule has 2 rings (SSSR count). The van der Waals surface area contributed by atoms with Crippen molar-refractivity contribution in [2.24, 2.45) is 0 Å². The van der Waals surface area contributed by atoms with E-state index >= 15 is 0 Å². The molecule has 0 aliphatic carbocycles. The van der Waals surface area contributed by atoms with Gasteiger partial charge in [-0.2, -0.15) is 0 Å². The van der Waals surface area contributed by atoms with E-state index in [0.717, 1.165) is 19.4 Å². The second-order valence-electron chi connectivity index (χ2n) is 9.71. The minimum atomic E-state index is 0.246. The summed E-state index contributed by atoms with van der Waals surface area (Å²) in [6.45, 7) is 7.06. The van der Waals surface area contributed by atoms with E-state index in [4.69, 9.17) is 4.74 Å². The normalized spacial score (nSPS) is 11.1. The molecule has 0 fully saturated rings. The molecule has 0 saturated heterocycles. The third-order valence-corrected chi connectivity index (χ3v) is 6.66. The number of carbonyl (C=O) groups excluding carboxylic acids is 1. The van der Waals surface area contributed by atoms with E-state index in [0.29, 0.717) is 26.1 Å². The molecule has 1 amide bonds. The Kier molecular flexibility index (Phi) is 14.4. The maximum absolute atomic E-state index is 13.0. The number of ether oxygens (including phenoxy) is 1. The molecule has 2 aromatic rings. The van der Waals surface area contributed by atoms with Crippen molar-refractivity contribution in [3.63, 3.8) is 0 Å². The Hall–Kier alpha value is -2.07. The second kappa shape index (κ2) is 17.4. The molecule has 0 N–H and O–H groups in total. The first kappa shape index (κ1) is 28.2. The van der Waals surface area contributed by atoms with E-state index in [1.54, 1.807) is 7.11 Å². The monoisotopic (exact) mass is 468 g/mol. The molecule has 0 spiro atoms. The van der Waals surface area contributed by atoms with Gasteiger partial charge in [-0.1, -0.05) is 101 Å². The highest BCUT2D eigenvalue weighted by molar-refractivity contribution is 5.76. The summed E-state index contributed by atoms with van der Waals surface area (Å²) in [7, 11) is 1.70. The quantitative estimate of drug-likeness (QED) is 0.200. The number of aromatic nitrogens is 1. The summed E-state index contributed by atoms with van der Waals surface area (Å²) >= 11 is 0. The topological polar surface area (TPSA) is 34.5 Å². The van der Waals surface area contributed by atoms with Crippen molar-refractivity contribution in [2.45, 2.75) is 104 Å². The molecule has 0 aliphatic heterocycles. The van der Waals surface area contributed by atoms with Crippen molar-refractivity contribution in [1.29, 1.82) is 0 Å². The fourth-order valence-corrected chi connectivity index (χ4v) is 4.42. The van der Waals surface area contributed by atoms with Crippen LogP contribution >= 0.6 is 0 Å². The Morgan fingerprint density at radius 1 is 0.882 bits per heavy atom. The first-order chi connectivity index (χ1) is 16.6. The number of hydrogen-bond donors (Lipinski definition) is 0. The van der Waals surface area contributed by atoms with Crippen molar-refractivity contribution in [3.8, 4) is 0 Å². The van der Waals surface area contributed by atoms with Crippen molar-refractivity contribution in [1.82, 2.24) is 9.47 Å². The molecular weight excluding hydrogens is 420 g/mol. The van der Waals surface area contributed by atoms with Crippen molar-refractivity contribution < 1.29 is 9.53 Å². The lowest BCUT2D eigenvalue weighted by Crippen LogP contribution is -2.34. The van der Waals surface area contributed by atoms with Crippen LogP contribution in [0.15, 0.2) is 42.6 Å². The van der Waals surface area contributed by atoms with E-state index in [9.17, 15) is 4.79 Å². The van der Waals surface area contributed by atoms with Gasteiger partial charge in [0.2, 0.25) is 5.91 Å². The molecule has 190 valence electrons. The van der Waals surface area contributed by atoms with Crippen molar-refractivity contribution in [2.75, 3.05) is 20.3 Å². The average Bonchev–Trinajstić information content (AvgIpc) is 3.27. The van der Waals surface area contributed by atoms with Gasteiger partial charge in [-0.3, -0.25) is 4.79 Å². The molecule has 34 heavy (non-hydrogen) atoms. The zero-order valence-corrected chi connectivity index (χ0v) is 22.1. The van der Waals surface area contributed by atoms with Crippen LogP contribution in [0.25, 0.3) is 0 Å². The highest BCUT2D eigenvalue weighted by Gasteiger charge is 2.15.